The third kappa shape index (κ3) is 4.67. The number of carbonyl (C=O) groups is 1. The van der Waals surface area contributed by atoms with Crippen LogP contribution in [0.4, 0.5) is 0 Å². The number of carbonyl (C=O) groups excluding carboxylic acids is 1. The van der Waals surface area contributed by atoms with Crippen molar-refractivity contribution in [3.8, 4) is 11.8 Å². The van der Waals surface area contributed by atoms with E-state index in [-0.39, 0.29) is 11.9 Å². The Labute approximate surface area is 120 Å². The first-order chi connectivity index (χ1) is 9.62. The van der Waals surface area contributed by atoms with Gasteiger partial charge in [-0.2, -0.15) is 0 Å². The molecule has 0 bridgehead atoms. The third-order valence-electron chi connectivity index (χ3n) is 3.37. The van der Waals surface area contributed by atoms with Gasteiger partial charge in [-0.15, -0.1) is 0 Å². The van der Waals surface area contributed by atoms with E-state index in [0.29, 0.717) is 19.6 Å². The summed E-state index contributed by atoms with van der Waals surface area (Å²) in [5, 5.41) is 7.58. The van der Waals surface area contributed by atoms with E-state index in [2.05, 4.69) is 28.5 Å². The molecule has 1 rings (SSSR count). The summed E-state index contributed by atoms with van der Waals surface area (Å²) >= 11 is 0. The van der Waals surface area contributed by atoms with E-state index < -0.39 is 0 Å². The maximum absolute atomic E-state index is 11.7. The number of hydrogen-bond donors (Lipinski definition) is 1. The average molecular weight is 277 g/mol. The van der Waals surface area contributed by atoms with Gasteiger partial charge in [0.15, 0.2) is 0 Å². The molecule has 1 aliphatic heterocycles. The zero-order valence-electron chi connectivity index (χ0n) is 12.4. The molecule has 0 aromatic heterocycles. The normalized spacial score (nSPS) is 15.2. The Balaban J connectivity index is 2.37. The molecule has 0 aromatic rings. The molecule has 0 unspecified atom stereocenters. The Kier molecular flexibility index (Phi) is 6.74. The highest BCUT2D eigenvalue weighted by atomic mass is 16.2. The Morgan fingerprint density at radius 3 is 2.40 bits per heavy atom. The predicted octanol–water partition coefficient (Wildman–Crippen LogP) is 0.111. The van der Waals surface area contributed by atoms with Crippen LogP contribution in [0.2, 0.25) is 0 Å². The summed E-state index contributed by atoms with van der Waals surface area (Å²) in [7, 11) is 0. The van der Waals surface area contributed by atoms with Gasteiger partial charge in [0.05, 0.1) is 6.54 Å². The van der Waals surface area contributed by atoms with Crippen molar-refractivity contribution in [3.63, 3.8) is 0 Å². The highest BCUT2D eigenvalue weighted by molar-refractivity contribution is 5.93. The number of rotatable bonds is 3. The molecule has 1 aliphatic rings. The Morgan fingerprint density at radius 2 is 1.90 bits per heavy atom. The van der Waals surface area contributed by atoms with Crippen LogP contribution < -0.4 is 0 Å². The van der Waals surface area contributed by atoms with Crippen LogP contribution >= 0.6 is 0 Å². The van der Waals surface area contributed by atoms with Crippen LogP contribution in [0.25, 0.3) is 0 Å². The van der Waals surface area contributed by atoms with Crippen molar-refractivity contribution in [2.24, 2.45) is 4.99 Å². The van der Waals surface area contributed by atoms with Gasteiger partial charge in [-0.1, -0.05) is 5.92 Å². The molecular formula is C14H23N5O. The minimum Gasteiger partial charge on any atom is -0.339 e. The molecule has 1 saturated heterocycles. The van der Waals surface area contributed by atoms with Crippen molar-refractivity contribution in [3.05, 3.63) is 0 Å². The zero-order valence-corrected chi connectivity index (χ0v) is 12.4. The van der Waals surface area contributed by atoms with Gasteiger partial charge in [0.2, 0.25) is 5.96 Å². The summed E-state index contributed by atoms with van der Waals surface area (Å²) in [6.45, 7) is 12.4. The molecule has 1 N–H and O–H groups in total. The lowest BCUT2D eigenvalue weighted by Gasteiger charge is -2.33. The van der Waals surface area contributed by atoms with Gasteiger partial charge in [0, 0.05) is 39.3 Å². The molecule has 20 heavy (non-hydrogen) atoms. The standard InChI is InChI=1S/C14H23N5O/c1-4-18(5-2)13(20)7-6-8-17-9-11-19(12-10-17)14(15)16-3/h15H,3-5,8-12H2,1-2H3. The van der Waals surface area contributed by atoms with Crippen molar-refractivity contribution in [2.75, 3.05) is 45.8 Å². The number of guanidine groups is 1. The van der Waals surface area contributed by atoms with Crippen LogP contribution in [-0.4, -0.2) is 79.1 Å². The summed E-state index contributed by atoms with van der Waals surface area (Å²) in [6, 6.07) is 0. The first-order valence-electron chi connectivity index (χ1n) is 6.92. The lowest BCUT2D eigenvalue weighted by molar-refractivity contribution is -0.124. The van der Waals surface area contributed by atoms with Crippen LogP contribution in [0, 0.1) is 17.3 Å². The Hall–Kier alpha value is -1.87. The zero-order chi connectivity index (χ0) is 15.0. The molecule has 1 fully saturated rings. The smallest absolute Gasteiger partial charge is 0.298 e. The van der Waals surface area contributed by atoms with Gasteiger partial charge >= 0.3 is 0 Å². The predicted molar refractivity (Wildman–Crippen MR) is 81.0 cm³/mol. The van der Waals surface area contributed by atoms with E-state index in [1.54, 1.807) is 4.90 Å². The van der Waals surface area contributed by atoms with Crippen LogP contribution in [0.1, 0.15) is 13.8 Å². The molecule has 0 atom stereocenters. The van der Waals surface area contributed by atoms with Crippen LogP contribution in [-0.2, 0) is 4.79 Å². The van der Waals surface area contributed by atoms with Crippen molar-refractivity contribution in [2.45, 2.75) is 13.8 Å². The number of piperazine rings is 1. The number of aliphatic imine (C=N–C) groups is 1. The maximum atomic E-state index is 11.7. The third-order valence-corrected chi connectivity index (χ3v) is 3.37. The lowest BCUT2D eigenvalue weighted by atomic mass is 10.3. The highest BCUT2D eigenvalue weighted by Crippen LogP contribution is 2.01. The van der Waals surface area contributed by atoms with E-state index in [1.165, 1.54) is 0 Å². The van der Waals surface area contributed by atoms with Crippen molar-refractivity contribution >= 4 is 18.6 Å². The number of amides is 1. The Bertz CT molecular complexity index is 411. The summed E-state index contributed by atoms with van der Waals surface area (Å²) < 4.78 is 0. The molecule has 6 nitrogen and oxygen atoms in total. The Morgan fingerprint density at radius 1 is 1.30 bits per heavy atom. The van der Waals surface area contributed by atoms with Gasteiger partial charge in [-0.3, -0.25) is 15.1 Å². The van der Waals surface area contributed by atoms with Gasteiger partial charge in [-0.25, -0.2) is 4.99 Å². The molecule has 1 heterocycles. The molecule has 0 aliphatic carbocycles. The molecule has 0 saturated carbocycles. The highest BCUT2D eigenvalue weighted by Gasteiger charge is 2.17. The van der Waals surface area contributed by atoms with Crippen molar-refractivity contribution < 1.29 is 4.79 Å². The van der Waals surface area contributed by atoms with Crippen molar-refractivity contribution in [1.82, 2.24) is 14.7 Å². The molecule has 0 spiro atoms. The number of hydrogen-bond acceptors (Lipinski definition) is 3. The van der Waals surface area contributed by atoms with Gasteiger partial charge in [0.25, 0.3) is 5.91 Å². The van der Waals surface area contributed by atoms with E-state index in [9.17, 15) is 4.79 Å². The summed E-state index contributed by atoms with van der Waals surface area (Å²) in [4.78, 5) is 21.1. The molecule has 1 amide bonds. The topological polar surface area (TPSA) is 63.0 Å². The number of nitrogens with one attached hydrogen (secondary N) is 1. The van der Waals surface area contributed by atoms with E-state index in [4.69, 9.17) is 5.41 Å². The number of nitrogens with zero attached hydrogens (tertiary/aromatic N) is 4. The minimum absolute atomic E-state index is 0.105. The summed E-state index contributed by atoms with van der Waals surface area (Å²) in [5.74, 6) is 5.75. The SMILES string of the molecule is C=NC(=N)N1CCN(CC#CC(=O)N(CC)CC)CC1. The van der Waals surface area contributed by atoms with Crippen LogP contribution in [0.5, 0.6) is 0 Å². The maximum Gasteiger partial charge on any atom is 0.298 e. The largest absolute Gasteiger partial charge is 0.339 e. The van der Waals surface area contributed by atoms with E-state index in [1.807, 2.05) is 18.7 Å². The second-order valence-electron chi connectivity index (χ2n) is 4.52. The minimum atomic E-state index is -0.105. The fraction of sp³-hybridized carbons (Fsp3) is 0.643. The first-order valence-corrected chi connectivity index (χ1v) is 6.92. The fourth-order valence-corrected chi connectivity index (χ4v) is 2.03. The van der Waals surface area contributed by atoms with Gasteiger partial charge < -0.3 is 9.80 Å². The van der Waals surface area contributed by atoms with Crippen molar-refractivity contribution in [1.29, 1.82) is 5.41 Å². The second kappa shape index (κ2) is 8.33. The lowest BCUT2D eigenvalue weighted by Crippen LogP contribution is -2.48. The average Bonchev–Trinajstić information content (AvgIpc) is 2.48. The quantitative estimate of drug-likeness (QED) is 0.452. The fourth-order valence-electron chi connectivity index (χ4n) is 2.03. The monoisotopic (exact) mass is 277 g/mol. The van der Waals surface area contributed by atoms with Gasteiger partial charge in [0.1, 0.15) is 0 Å². The van der Waals surface area contributed by atoms with E-state index >= 15 is 0 Å². The summed E-state index contributed by atoms with van der Waals surface area (Å²) in [6.07, 6.45) is 0. The van der Waals surface area contributed by atoms with E-state index in [0.717, 1.165) is 26.2 Å². The second-order valence-corrected chi connectivity index (χ2v) is 4.52. The molecule has 0 radical (unpaired) electrons. The summed E-state index contributed by atoms with van der Waals surface area (Å²) in [5.41, 5.74) is 0. The molecular weight excluding hydrogens is 254 g/mol. The molecule has 6 heteroatoms. The molecule has 110 valence electrons. The molecule has 0 aromatic carbocycles. The van der Waals surface area contributed by atoms with Gasteiger partial charge in [-0.05, 0) is 26.5 Å². The van der Waals surface area contributed by atoms with Crippen LogP contribution in [0.15, 0.2) is 4.99 Å². The first kappa shape index (κ1) is 16.2. The van der Waals surface area contributed by atoms with Crippen LogP contribution in [0.3, 0.4) is 0 Å².